The molecule has 0 radical (unpaired) electrons. The zero-order valence-electron chi connectivity index (χ0n) is 18.3. The molecule has 0 saturated heterocycles. The molecular formula is C25H23ClN6O. The molecule has 166 valence electrons. The number of nitrogens with zero attached hydrogens (tertiary/aromatic N) is 5. The Morgan fingerprint density at radius 3 is 2.55 bits per heavy atom. The molecule has 0 saturated carbocycles. The van der Waals surface area contributed by atoms with E-state index < -0.39 is 0 Å². The monoisotopic (exact) mass is 458 g/mol. The molecular weight excluding hydrogens is 436 g/mol. The van der Waals surface area contributed by atoms with Gasteiger partial charge in [0.2, 0.25) is 0 Å². The molecule has 4 rings (SSSR count). The molecule has 0 aliphatic rings. The van der Waals surface area contributed by atoms with Crippen LogP contribution in [0.2, 0.25) is 0 Å². The van der Waals surface area contributed by atoms with E-state index in [1.165, 1.54) is 6.08 Å². The highest BCUT2D eigenvalue weighted by molar-refractivity contribution is 6.17. The van der Waals surface area contributed by atoms with Crippen LogP contribution in [-0.2, 0) is 10.7 Å². The maximum atomic E-state index is 10.7. The van der Waals surface area contributed by atoms with Crippen LogP contribution >= 0.6 is 11.6 Å². The standard InChI is InChI=1S/C25H23ClN6O/c1-31(2)22(7-3-4-15-33)20-12-13-21-25(29-20)32(18-10-8-17(16-26)9-11-18)24(30-21)19-6-5-14-28-23(19)27/h3-15H,16H2,1-2H3,(H2,27,28)/b4-3-,22-7-. The number of alkyl halides is 1. The van der Waals surface area contributed by atoms with Crippen molar-refractivity contribution in [2.24, 2.45) is 0 Å². The number of halogens is 1. The summed E-state index contributed by atoms with van der Waals surface area (Å²) in [6.07, 6.45) is 7.37. The van der Waals surface area contributed by atoms with Crippen molar-refractivity contribution in [3.05, 3.63) is 84.2 Å². The van der Waals surface area contributed by atoms with E-state index >= 15 is 0 Å². The van der Waals surface area contributed by atoms with Gasteiger partial charge in [-0.1, -0.05) is 18.2 Å². The Balaban J connectivity index is 1.98. The maximum Gasteiger partial charge on any atom is 0.165 e. The minimum atomic E-state index is 0.388. The molecule has 0 atom stereocenters. The number of fused-ring (bicyclic) bond motifs is 1. The van der Waals surface area contributed by atoms with E-state index in [4.69, 9.17) is 27.3 Å². The number of nitrogen functional groups attached to an aromatic ring is 1. The first-order valence-corrected chi connectivity index (χ1v) is 10.8. The van der Waals surface area contributed by atoms with Gasteiger partial charge in [0.05, 0.1) is 17.0 Å². The summed E-state index contributed by atoms with van der Waals surface area (Å²) in [5.41, 5.74) is 11.8. The van der Waals surface area contributed by atoms with Crippen molar-refractivity contribution in [1.29, 1.82) is 0 Å². The lowest BCUT2D eigenvalue weighted by molar-refractivity contribution is -0.104. The fourth-order valence-corrected chi connectivity index (χ4v) is 3.70. The molecule has 0 aliphatic carbocycles. The summed E-state index contributed by atoms with van der Waals surface area (Å²) in [6, 6.07) is 15.5. The fraction of sp³-hybridized carbons (Fsp3) is 0.120. The van der Waals surface area contributed by atoms with E-state index in [1.807, 2.05) is 78.2 Å². The van der Waals surface area contributed by atoms with Crippen LogP contribution in [0.5, 0.6) is 0 Å². The molecule has 0 aliphatic heterocycles. The van der Waals surface area contributed by atoms with Gasteiger partial charge >= 0.3 is 0 Å². The smallest absolute Gasteiger partial charge is 0.165 e. The predicted octanol–water partition coefficient (Wildman–Crippen LogP) is 4.46. The number of benzene rings is 1. The van der Waals surface area contributed by atoms with Gasteiger partial charge in [-0.15, -0.1) is 11.6 Å². The Labute approximate surface area is 196 Å². The third-order valence-electron chi connectivity index (χ3n) is 5.12. The van der Waals surface area contributed by atoms with Gasteiger partial charge in [0.15, 0.2) is 11.5 Å². The van der Waals surface area contributed by atoms with Gasteiger partial charge in [0.25, 0.3) is 0 Å². The molecule has 0 amide bonds. The molecule has 0 fully saturated rings. The number of rotatable bonds is 7. The van der Waals surface area contributed by atoms with Crippen LogP contribution in [0.25, 0.3) is 33.9 Å². The Hall–Kier alpha value is -3.97. The van der Waals surface area contributed by atoms with E-state index in [0.717, 1.165) is 40.0 Å². The van der Waals surface area contributed by atoms with Crippen LogP contribution in [0.3, 0.4) is 0 Å². The number of carbonyl (C=O) groups is 1. The number of hydrogen-bond donors (Lipinski definition) is 1. The van der Waals surface area contributed by atoms with Gasteiger partial charge < -0.3 is 10.6 Å². The van der Waals surface area contributed by atoms with Gasteiger partial charge in [0.1, 0.15) is 17.6 Å². The number of pyridine rings is 2. The molecule has 3 aromatic heterocycles. The van der Waals surface area contributed by atoms with E-state index in [-0.39, 0.29) is 0 Å². The zero-order chi connectivity index (χ0) is 23.4. The van der Waals surface area contributed by atoms with Gasteiger partial charge in [-0.3, -0.25) is 9.36 Å². The van der Waals surface area contributed by atoms with Crippen LogP contribution in [-0.4, -0.2) is 44.8 Å². The summed E-state index contributed by atoms with van der Waals surface area (Å²) in [7, 11) is 3.85. The fourth-order valence-electron chi connectivity index (χ4n) is 3.52. The zero-order valence-corrected chi connectivity index (χ0v) is 19.1. The summed E-state index contributed by atoms with van der Waals surface area (Å²) in [6.45, 7) is 0. The summed E-state index contributed by atoms with van der Waals surface area (Å²) in [5.74, 6) is 1.47. The molecule has 0 bridgehead atoms. The lowest BCUT2D eigenvalue weighted by Gasteiger charge is -2.17. The summed E-state index contributed by atoms with van der Waals surface area (Å²) < 4.78 is 1.97. The van der Waals surface area contributed by atoms with Crippen molar-refractivity contribution < 1.29 is 4.79 Å². The minimum Gasteiger partial charge on any atom is -0.383 e. The number of aldehydes is 1. The number of aromatic nitrogens is 4. The molecule has 2 N–H and O–H groups in total. The summed E-state index contributed by atoms with van der Waals surface area (Å²) >= 11 is 5.99. The number of hydrogen-bond acceptors (Lipinski definition) is 6. The highest BCUT2D eigenvalue weighted by Gasteiger charge is 2.19. The molecule has 0 unspecified atom stereocenters. The molecule has 7 nitrogen and oxygen atoms in total. The van der Waals surface area contributed by atoms with E-state index in [9.17, 15) is 4.79 Å². The molecule has 8 heteroatoms. The van der Waals surface area contributed by atoms with Crippen LogP contribution < -0.4 is 5.73 Å². The van der Waals surface area contributed by atoms with Crippen LogP contribution in [0.4, 0.5) is 5.82 Å². The van der Waals surface area contributed by atoms with Gasteiger partial charge in [-0.25, -0.2) is 15.0 Å². The van der Waals surface area contributed by atoms with Crippen molar-refractivity contribution in [3.63, 3.8) is 0 Å². The number of carbonyl (C=O) groups excluding carboxylic acids is 1. The molecule has 33 heavy (non-hydrogen) atoms. The second kappa shape index (κ2) is 9.67. The van der Waals surface area contributed by atoms with E-state index in [2.05, 4.69) is 4.98 Å². The second-order valence-corrected chi connectivity index (χ2v) is 7.78. The molecule has 0 spiro atoms. The third-order valence-corrected chi connectivity index (χ3v) is 5.43. The Morgan fingerprint density at radius 2 is 1.88 bits per heavy atom. The third kappa shape index (κ3) is 4.49. The van der Waals surface area contributed by atoms with Crippen molar-refractivity contribution in [2.75, 3.05) is 19.8 Å². The first kappa shape index (κ1) is 22.2. The minimum absolute atomic E-state index is 0.388. The number of nitrogens with two attached hydrogens (primary N) is 1. The average molecular weight is 459 g/mol. The van der Waals surface area contributed by atoms with Gasteiger partial charge in [-0.05, 0) is 54.1 Å². The van der Waals surface area contributed by atoms with Crippen LogP contribution in [0, 0.1) is 0 Å². The van der Waals surface area contributed by atoms with E-state index in [0.29, 0.717) is 23.2 Å². The number of allylic oxidation sites excluding steroid dienone is 3. The van der Waals surface area contributed by atoms with Crippen molar-refractivity contribution >= 4 is 40.6 Å². The van der Waals surface area contributed by atoms with Crippen LogP contribution in [0.1, 0.15) is 11.3 Å². The quantitative estimate of drug-likeness (QED) is 0.190. The van der Waals surface area contributed by atoms with Crippen molar-refractivity contribution in [2.45, 2.75) is 5.88 Å². The summed E-state index contributed by atoms with van der Waals surface area (Å²) in [4.78, 5) is 26.7. The van der Waals surface area contributed by atoms with Crippen LogP contribution in [0.15, 0.2) is 73.0 Å². The predicted molar refractivity (Wildman–Crippen MR) is 133 cm³/mol. The Morgan fingerprint density at radius 1 is 1.09 bits per heavy atom. The SMILES string of the molecule is CN(C)/C(=C\C=C/C=O)c1ccc2nc(-c3cccnc3N)n(-c3ccc(CCl)cc3)c2n1. The van der Waals surface area contributed by atoms with Gasteiger partial charge in [-0.2, -0.15) is 0 Å². The molecule has 1 aromatic carbocycles. The van der Waals surface area contributed by atoms with E-state index in [1.54, 1.807) is 12.3 Å². The lowest BCUT2D eigenvalue weighted by Crippen LogP contribution is -2.11. The van der Waals surface area contributed by atoms with Gasteiger partial charge in [0, 0.05) is 31.9 Å². The first-order valence-electron chi connectivity index (χ1n) is 10.3. The van der Waals surface area contributed by atoms with Crippen molar-refractivity contribution in [3.8, 4) is 17.1 Å². The second-order valence-electron chi connectivity index (χ2n) is 7.51. The first-order chi connectivity index (χ1) is 16.0. The maximum absolute atomic E-state index is 10.7. The lowest BCUT2D eigenvalue weighted by atomic mass is 10.2. The highest BCUT2D eigenvalue weighted by Crippen LogP contribution is 2.31. The topological polar surface area (TPSA) is 89.9 Å². The van der Waals surface area contributed by atoms with Crippen molar-refractivity contribution in [1.82, 2.24) is 24.4 Å². The number of anilines is 1. The highest BCUT2D eigenvalue weighted by atomic mass is 35.5. The molecule has 3 heterocycles. The average Bonchev–Trinajstić information content (AvgIpc) is 3.20. The molecule has 4 aromatic rings. The summed E-state index contributed by atoms with van der Waals surface area (Å²) in [5, 5.41) is 0. The largest absolute Gasteiger partial charge is 0.383 e. The Kier molecular flexibility index (Phi) is 6.51. The normalized spacial score (nSPS) is 11.9. The Bertz CT molecular complexity index is 1360. The number of imidazole rings is 1.